The number of carbonyl (C=O) groups is 2. The predicted octanol–water partition coefficient (Wildman–Crippen LogP) is 5.12. The van der Waals surface area contributed by atoms with Crippen LogP contribution in [-0.4, -0.2) is 17.6 Å². The highest BCUT2D eigenvalue weighted by Gasteiger charge is 2.29. The summed E-state index contributed by atoms with van der Waals surface area (Å²) in [5.74, 6) is 0.795. The van der Waals surface area contributed by atoms with Crippen molar-refractivity contribution in [2.75, 3.05) is 16.4 Å². The van der Waals surface area contributed by atoms with Gasteiger partial charge in [0, 0.05) is 34.4 Å². The molecule has 0 heterocycles. The van der Waals surface area contributed by atoms with E-state index in [1.807, 2.05) is 49.4 Å². The van der Waals surface area contributed by atoms with Gasteiger partial charge in [-0.1, -0.05) is 29.8 Å². The van der Waals surface area contributed by atoms with Gasteiger partial charge in [-0.15, -0.1) is 11.8 Å². The van der Waals surface area contributed by atoms with E-state index < -0.39 is 0 Å². The molecule has 1 aliphatic rings. The van der Waals surface area contributed by atoms with Crippen molar-refractivity contribution in [2.24, 2.45) is 5.92 Å². The molecule has 3 rings (SSSR count). The van der Waals surface area contributed by atoms with Gasteiger partial charge in [0.2, 0.25) is 11.8 Å². The van der Waals surface area contributed by atoms with Gasteiger partial charge >= 0.3 is 0 Å². The summed E-state index contributed by atoms with van der Waals surface area (Å²) in [6, 6.07) is 13.2. The van der Waals surface area contributed by atoms with Gasteiger partial charge in [-0.2, -0.15) is 0 Å². The zero-order chi connectivity index (χ0) is 18.5. The topological polar surface area (TPSA) is 58.2 Å². The standard InChI is InChI=1S/C20H21ClN2O2S/c1-13-6-9-15(22-20(25)14-7-8-14)12-17(13)23-19(24)10-11-26-18-5-3-2-4-16(18)21/h2-6,9,12,14H,7-8,10-11H2,1H3,(H,22,25)(H,23,24). The van der Waals surface area contributed by atoms with E-state index >= 15 is 0 Å². The highest BCUT2D eigenvalue weighted by molar-refractivity contribution is 7.99. The molecule has 136 valence electrons. The molecular formula is C20H21ClN2O2S. The Balaban J connectivity index is 1.53. The zero-order valence-corrected chi connectivity index (χ0v) is 16.1. The van der Waals surface area contributed by atoms with Crippen molar-refractivity contribution in [3.05, 3.63) is 53.1 Å². The molecule has 0 spiro atoms. The summed E-state index contributed by atoms with van der Waals surface area (Å²) in [5, 5.41) is 6.54. The summed E-state index contributed by atoms with van der Waals surface area (Å²) in [6.45, 7) is 1.93. The minimum absolute atomic E-state index is 0.0571. The van der Waals surface area contributed by atoms with Crippen LogP contribution in [0, 0.1) is 12.8 Å². The third-order valence-electron chi connectivity index (χ3n) is 4.15. The molecule has 6 heteroatoms. The number of anilines is 2. The molecule has 0 aromatic heterocycles. The van der Waals surface area contributed by atoms with Gasteiger partial charge in [0.05, 0.1) is 5.02 Å². The number of halogens is 1. The van der Waals surface area contributed by atoms with E-state index in [1.165, 1.54) is 0 Å². The first-order chi connectivity index (χ1) is 12.5. The van der Waals surface area contributed by atoms with Crippen molar-refractivity contribution in [3.63, 3.8) is 0 Å². The smallest absolute Gasteiger partial charge is 0.227 e. The maximum Gasteiger partial charge on any atom is 0.227 e. The van der Waals surface area contributed by atoms with Crippen molar-refractivity contribution < 1.29 is 9.59 Å². The summed E-state index contributed by atoms with van der Waals surface area (Å²) < 4.78 is 0. The summed E-state index contributed by atoms with van der Waals surface area (Å²) >= 11 is 7.68. The van der Waals surface area contributed by atoms with Crippen LogP contribution in [-0.2, 0) is 9.59 Å². The SMILES string of the molecule is Cc1ccc(NC(=O)C2CC2)cc1NC(=O)CCSc1ccccc1Cl. The van der Waals surface area contributed by atoms with Crippen LogP contribution in [0.25, 0.3) is 0 Å². The molecule has 4 nitrogen and oxygen atoms in total. The van der Waals surface area contributed by atoms with Crippen LogP contribution < -0.4 is 10.6 Å². The Labute approximate surface area is 162 Å². The van der Waals surface area contributed by atoms with Crippen molar-refractivity contribution in [3.8, 4) is 0 Å². The van der Waals surface area contributed by atoms with Crippen molar-refractivity contribution >= 4 is 46.6 Å². The Morgan fingerprint density at radius 1 is 1.15 bits per heavy atom. The normalized spacial score (nSPS) is 13.3. The van der Waals surface area contributed by atoms with Gasteiger partial charge < -0.3 is 10.6 Å². The zero-order valence-electron chi connectivity index (χ0n) is 14.5. The first kappa shape index (κ1) is 18.8. The van der Waals surface area contributed by atoms with Crippen molar-refractivity contribution in [1.29, 1.82) is 0 Å². The number of carbonyl (C=O) groups excluding carboxylic acids is 2. The molecule has 0 atom stereocenters. The lowest BCUT2D eigenvalue weighted by molar-refractivity contribution is -0.117. The van der Waals surface area contributed by atoms with Crippen LogP contribution in [0.4, 0.5) is 11.4 Å². The third kappa shape index (κ3) is 5.26. The highest BCUT2D eigenvalue weighted by atomic mass is 35.5. The molecule has 2 aromatic rings. The fourth-order valence-electron chi connectivity index (χ4n) is 2.45. The number of amides is 2. The van der Waals surface area contributed by atoms with Gasteiger partial charge in [0.25, 0.3) is 0 Å². The van der Waals surface area contributed by atoms with Gasteiger partial charge in [-0.25, -0.2) is 0 Å². The van der Waals surface area contributed by atoms with E-state index in [0.717, 1.165) is 29.0 Å². The lowest BCUT2D eigenvalue weighted by Crippen LogP contribution is -2.15. The van der Waals surface area contributed by atoms with Crippen LogP contribution in [0.3, 0.4) is 0 Å². The molecule has 0 bridgehead atoms. The third-order valence-corrected chi connectivity index (χ3v) is 5.67. The van der Waals surface area contributed by atoms with E-state index in [2.05, 4.69) is 10.6 Å². The molecule has 2 aromatic carbocycles. The average Bonchev–Trinajstić information content (AvgIpc) is 3.45. The molecule has 1 fully saturated rings. The largest absolute Gasteiger partial charge is 0.326 e. The molecule has 0 radical (unpaired) electrons. The van der Waals surface area contributed by atoms with Crippen LogP contribution in [0.5, 0.6) is 0 Å². The van der Waals surface area contributed by atoms with Gasteiger partial charge in [-0.3, -0.25) is 9.59 Å². The molecule has 1 saturated carbocycles. The lowest BCUT2D eigenvalue weighted by Gasteiger charge is -2.11. The summed E-state index contributed by atoms with van der Waals surface area (Å²) in [7, 11) is 0. The molecule has 0 saturated heterocycles. The van der Waals surface area contributed by atoms with Gasteiger partial charge in [0.15, 0.2) is 0 Å². The molecule has 26 heavy (non-hydrogen) atoms. The van der Waals surface area contributed by atoms with Crippen molar-refractivity contribution in [1.82, 2.24) is 0 Å². The Hall–Kier alpha value is -1.98. The number of benzene rings is 2. The molecule has 2 amide bonds. The quantitative estimate of drug-likeness (QED) is 0.647. The lowest BCUT2D eigenvalue weighted by atomic mass is 10.1. The Bertz CT molecular complexity index is 821. The van der Waals surface area contributed by atoms with Crippen LogP contribution in [0.2, 0.25) is 5.02 Å². The van der Waals surface area contributed by atoms with Crippen LogP contribution >= 0.6 is 23.4 Å². The highest BCUT2D eigenvalue weighted by Crippen LogP contribution is 2.31. The van der Waals surface area contributed by atoms with Crippen LogP contribution in [0.1, 0.15) is 24.8 Å². The number of nitrogens with one attached hydrogen (secondary N) is 2. The maximum atomic E-state index is 12.2. The second kappa shape index (κ2) is 8.60. The number of rotatable bonds is 7. The average molecular weight is 389 g/mol. The van der Waals surface area contributed by atoms with Crippen molar-refractivity contribution in [2.45, 2.75) is 31.1 Å². The predicted molar refractivity (Wildman–Crippen MR) is 108 cm³/mol. The fourth-order valence-corrected chi connectivity index (χ4v) is 3.64. The Morgan fingerprint density at radius 3 is 2.65 bits per heavy atom. The van der Waals surface area contributed by atoms with E-state index in [-0.39, 0.29) is 17.7 Å². The van der Waals surface area contributed by atoms with E-state index in [0.29, 0.717) is 22.9 Å². The van der Waals surface area contributed by atoms with E-state index in [4.69, 9.17) is 11.6 Å². The summed E-state index contributed by atoms with van der Waals surface area (Å²) in [6.07, 6.45) is 2.31. The summed E-state index contributed by atoms with van der Waals surface area (Å²) in [5.41, 5.74) is 2.40. The van der Waals surface area contributed by atoms with E-state index in [1.54, 1.807) is 11.8 Å². The molecule has 0 aliphatic heterocycles. The number of hydrogen-bond acceptors (Lipinski definition) is 3. The molecule has 2 N–H and O–H groups in total. The second-order valence-electron chi connectivity index (χ2n) is 6.37. The molecular weight excluding hydrogens is 368 g/mol. The fraction of sp³-hybridized carbons (Fsp3) is 0.300. The Kier molecular flexibility index (Phi) is 6.22. The first-order valence-electron chi connectivity index (χ1n) is 8.61. The molecule has 1 aliphatic carbocycles. The Morgan fingerprint density at radius 2 is 1.92 bits per heavy atom. The van der Waals surface area contributed by atoms with Gasteiger partial charge in [0.1, 0.15) is 0 Å². The minimum Gasteiger partial charge on any atom is -0.326 e. The number of thioether (sulfide) groups is 1. The second-order valence-corrected chi connectivity index (χ2v) is 7.91. The number of hydrogen-bond donors (Lipinski definition) is 2. The maximum absolute atomic E-state index is 12.2. The van der Waals surface area contributed by atoms with Gasteiger partial charge in [-0.05, 0) is 49.6 Å². The summed E-state index contributed by atoms with van der Waals surface area (Å²) in [4.78, 5) is 25.1. The van der Waals surface area contributed by atoms with Crippen LogP contribution in [0.15, 0.2) is 47.4 Å². The van der Waals surface area contributed by atoms with E-state index in [9.17, 15) is 9.59 Å². The first-order valence-corrected chi connectivity index (χ1v) is 9.98. The number of aryl methyl sites for hydroxylation is 1. The molecule has 0 unspecified atom stereocenters. The minimum atomic E-state index is -0.0571. The monoisotopic (exact) mass is 388 g/mol.